The molecule has 3 heteroatoms. The predicted molar refractivity (Wildman–Crippen MR) is 75.0 cm³/mol. The van der Waals surface area contributed by atoms with E-state index in [1.54, 1.807) is 0 Å². The molecule has 0 aliphatic carbocycles. The van der Waals surface area contributed by atoms with Crippen LogP contribution in [-0.2, 0) is 15.9 Å². The number of ether oxygens (including phenoxy) is 2. The molecular formula is C16H23NO2. The van der Waals surface area contributed by atoms with Gasteiger partial charge in [0.2, 0.25) is 0 Å². The highest BCUT2D eigenvalue weighted by Crippen LogP contribution is 2.32. The molecule has 2 atom stereocenters. The molecule has 1 saturated heterocycles. The molecule has 2 heterocycles. The molecule has 0 amide bonds. The Morgan fingerprint density at radius 2 is 1.95 bits per heavy atom. The molecule has 19 heavy (non-hydrogen) atoms. The van der Waals surface area contributed by atoms with Crippen molar-refractivity contribution in [3.8, 4) is 0 Å². The molecule has 3 nitrogen and oxygen atoms in total. The Balaban J connectivity index is 1.68. The molecule has 2 aliphatic heterocycles. The molecule has 0 aromatic heterocycles. The molecule has 0 radical (unpaired) electrons. The van der Waals surface area contributed by atoms with Gasteiger partial charge in [0.15, 0.2) is 0 Å². The van der Waals surface area contributed by atoms with Gasteiger partial charge in [0, 0.05) is 19.3 Å². The summed E-state index contributed by atoms with van der Waals surface area (Å²) in [5.74, 6) is 0.696. The van der Waals surface area contributed by atoms with Gasteiger partial charge in [0.05, 0.1) is 12.7 Å². The van der Waals surface area contributed by atoms with Crippen LogP contribution in [0.1, 0.15) is 36.5 Å². The molecule has 1 aromatic rings. The van der Waals surface area contributed by atoms with E-state index in [0.29, 0.717) is 5.92 Å². The number of nitrogens with two attached hydrogens (primary N) is 1. The van der Waals surface area contributed by atoms with Gasteiger partial charge in [-0.25, -0.2) is 0 Å². The van der Waals surface area contributed by atoms with Gasteiger partial charge >= 0.3 is 0 Å². The normalized spacial score (nSPS) is 25.8. The maximum Gasteiger partial charge on any atom is 0.0978 e. The van der Waals surface area contributed by atoms with Crippen LogP contribution in [0.15, 0.2) is 24.3 Å². The summed E-state index contributed by atoms with van der Waals surface area (Å²) >= 11 is 0. The van der Waals surface area contributed by atoms with Crippen molar-refractivity contribution < 1.29 is 9.47 Å². The Hall–Kier alpha value is -0.900. The topological polar surface area (TPSA) is 44.5 Å². The smallest absolute Gasteiger partial charge is 0.0978 e. The number of benzene rings is 1. The third-order valence-corrected chi connectivity index (χ3v) is 4.37. The first-order valence-electron chi connectivity index (χ1n) is 7.37. The SMILES string of the molecule is NC(CC1CCOCC1)C1OCCc2ccccc21. The lowest BCUT2D eigenvalue weighted by Crippen LogP contribution is -2.36. The van der Waals surface area contributed by atoms with Crippen LogP contribution >= 0.6 is 0 Å². The summed E-state index contributed by atoms with van der Waals surface area (Å²) in [6, 6.07) is 8.66. The fourth-order valence-electron chi connectivity index (χ4n) is 3.27. The maximum absolute atomic E-state index is 6.43. The summed E-state index contributed by atoms with van der Waals surface area (Å²) in [4.78, 5) is 0. The number of rotatable bonds is 3. The van der Waals surface area contributed by atoms with Crippen molar-refractivity contribution in [2.75, 3.05) is 19.8 Å². The van der Waals surface area contributed by atoms with Crippen molar-refractivity contribution in [2.24, 2.45) is 11.7 Å². The Bertz CT molecular complexity index is 415. The van der Waals surface area contributed by atoms with E-state index in [4.69, 9.17) is 15.2 Å². The standard InChI is InChI=1S/C16H23NO2/c17-15(11-12-5-8-18-9-6-12)16-14-4-2-1-3-13(14)7-10-19-16/h1-4,12,15-16H,5-11,17H2. The molecule has 2 N–H and O–H groups in total. The fourth-order valence-corrected chi connectivity index (χ4v) is 3.27. The second kappa shape index (κ2) is 6.04. The van der Waals surface area contributed by atoms with E-state index in [2.05, 4.69) is 24.3 Å². The lowest BCUT2D eigenvalue weighted by molar-refractivity contribution is 0.00899. The van der Waals surface area contributed by atoms with Gasteiger partial charge in [-0.15, -0.1) is 0 Å². The fraction of sp³-hybridized carbons (Fsp3) is 0.625. The van der Waals surface area contributed by atoms with Gasteiger partial charge < -0.3 is 15.2 Å². The summed E-state index contributed by atoms with van der Waals surface area (Å²) in [6.45, 7) is 2.57. The molecule has 104 valence electrons. The lowest BCUT2D eigenvalue weighted by Gasteiger charge is -2.33. The van der Waals surface area contributed by atoms with E-state index in [0.717, 1.165) is 45.5 Å². The van der Waals surface area contributed by atoms with Crippen LogP contribution in [0.4, 0.5) is 0 Å². The van der Waals surface area contributed by atoms with Crippen molar-refractivity contribution in [1.29, 1.82) is 0 Å². The molecule has 3 rings (SSSR count). The van der Waals surface area contributed by atoms with E-state index >= 15 is 0 Å². The number of hydrogen-bond donors (Lipinski definition) is 1. The van der Waals surface area contributed by atoms with Crippen molar-refractivity contribution in [1.82, 2.24) is 0 Å². The zero-order chi connectivity index (χ0) is 13.1. The van der Waals surface area contributed by atoms with E-state index in [1.807, 2.05) is 0 Å². The lowest BCUT2D eigenvalue weighted by atomic mass is 9.86. The van der Waals surface area contributed by atoms with Gasteiger partial charge in [-0.3, -0.25) is 0 Å². The molecule has 2 unspecified atom stereocenters. The van der Waals surface area contributed by atoms with Crippen LogP contribution in [0.3, 0.4) is 0 Å². The minimum atomic E-state index is 0.0767. The summed E-state index contributed by atoms with van der Waals surface area (Å²) in [6.07, 6.45) is 4.41. The minimum absolute atomic E-state index is 0.0767. The van der Waals surface area contributed by atoms with Gasteiger partial charge in [0.25, 0.3) is 0 Å². The molecule has 0 spiro atoms. The quantitative estimate of drug-likeness (QED) is 0.909. The predicted octanol–water partition coefficient (Wildman–Crippen LogP) is 2.44. The Morgan fingerprint density at radius 1 is 1.16 bits per heavy atom. The molecule has 0 saturated carbocycles. The van der Waals surface area contributed by atoms with Crippen LogP contribution in [0.2, 0.25) is 0 Å². The molecule has 1 fully saturated rings. The highest BCUT2D eigenvalue weighted by molar-refractivity contribution is 5.31. The van der Waals surface area contributed by atoms with Crippen LogP contribution in [0.25, 0.3) is 0 Å². The van der Waals surface area contributed by atoms with E-state index in [1.165, 1.54) is 11.1 Å². The summed E-state index contributed by atoms with van der Waals surface area (Å²) in [5.41, 5.74) is 9.13. The number of fused-ring (bicyclic) bond motifs is 1. The molecular weight excluding hydrogens is 238 g/mol. The monoisotopic (exact) mass is 261 g/mol. The van der Waals surface area contributed by atoms with Gasteiger partial charge in [-0.2, -0.15) is 0 Å². The van der Waals surface area contributed by atoms with Crippen LogP contribution < -0.4 is 5.73 Å². The first-order chi connectivity index (χ1) is 9.34. The first kappa shape index (κ1) is 13.1. The summed E-state index contributed by atoms with van der Waals surface area (Å²) in [5, 5.41) is 0. The maximum atomic E-state index is 6.43. The van der Waals surface area contributed by atoms with Crippen LogP contribution in [-0.4, -0.2) is 25.9 Å². The second-order valence-corrected chi connectivity index (χ2v) is 5.70. The molecule has 0 bridgehead atoms. The van der Waals surface area contributed by atoms with E-state index in [-0.39, 0.29) is 12.1 Å². The average Bonchev–Trinajstić information content (AvgIpc) is 2.47. The summed E-state index contributed by atoms with van der Waals surface area (Å²) in [7, 11) is 0. The third-order valence-electron chi connectivity index (χ3n) is 4.37. The van der Waals surface area contributed by atoms with Crippen molar-refractivity contribution >= 4 is 0 Å². The van der Waals surface area contributed by atoms with Gasteiger partial charge in [0.1, 0.15) is 0 Å². The van der Waals surface area contributed by atoms with E-state index < -0.39 is 0 Å². The van der Waals surface area contributed by atoms with Crippen molar-refractivity contribution in [3.63, 3.8) is 0 Å². The summed E-state index contributed by atoms with van der Waals surface area (Å²) < 4.78 is 11.4. The third kappa shape index (κ3) is 2.99. The Kier molecular flexibility index (Phi) is 4.16. The van der Waals surface area contributed by atoms with Crippen LogP contribution in [0, 0.1) is 5.92 Å². The second-order valence-electron chi connectivity index (χ2n) is 5.70. The van der Waals surface area contributed by atoms with Gasteiger partial charge in [-0.05, 0) is 42.7 Å². The zero-order valence-electron chi connectivity index (χ0n) is 11.4. The van der Waals surface area contributed by atoms with Crippen molar-refractivity contribution in [3.05, 3.63) is 35.4 Å². The van der Waals surface area contributed by atoms with Crippen molar-refractivity contribution in [2.45, 2.75) is 37.8 Å². The largest absolute Gasteiger partial charge is 0.381 e. The van der Waals surface area contributed by atoms with Crippen LogP contribution in [0.5, 0.6) is 0 Å². The Labute approximate surface area is 115 Å². The van der Waals surface area contributed by atoms with Gasteiger partial charge in [-0.1, -0.05) is 24.3 Å². The number of hydrogen-bond acceptors (Lipinski definition) is 3. The zero-order valence-corrected chi connectivity index (χ0v) is 11.4. The molecule has 2 aliphatic rings. The Morgan fingerprint density at radius 3 is 2.79 bits per heavy atom. The van der Waals surface area contributed by atoms with E-state index in [9.17, 15) is 0 Å². The highest BCUT2D eigenvalue weighted by Gasteiger charge is 2.28. The minimum Gasteiger partial charge on any atom is -0.381 e. The molecule has 1 aromatic carbocycles. The average molecular weight is 261 g/mol. The first-order valence-corrected chi connectivity index (χ1v) is 7.37. The highest BCUT2D eigenvalue weighted by atomic mass is 16.5.